The predicted octanol–water partition coefficient (Wildman–Crippen LogP) is 2.39. The Labute approximate surface area is 91.1 Å². The van der Waals surface area contributed by atoms with Crippen molar-refractivity contribution < 1.29 is 4.74 Å². The Hall–Kier alpha value is -1.09. The molecule has 1 saturated heterocycles. The average Bonchev–Trinajstić information content (AvgIpc) is 2.30. The van der Waals surface area contributed by atoms with Gasteiger partial charge in [0.25, 0.3) is 0 Å². The summed E-state index contributed by atoms with van der Waals surface area (Å²) < 4.78 is 5.75. The summed E-state index contributed by atoms with van der Waals surface area (Å²) in [6, 6.07) is 4.18. The Balaban J connectivity index is 2.16. The summed E-state index contributed by atoms with van der Waals surface area (Å²) in [5.74, 6) is 1.00. The van der Waals surface area contributed by atoms with Crippen LogP contribution in [0, 0.1) is 0 Å². The predicted molar refractivity (Wildman–Crippen MR) is 61.1 cm³/mol. The van der Waals surface area contributed by atoms with E-state index in [4.69, 9.17) is 4.74 Å². The van der Waals surface area contributed by atoms with E-state index in [0.29, 0.717) is 0 Å². The van der Waals surface area contributed by atoms with Crippen molar-refractivity contribution in [3.8, 4) is 0 Å². The number of aromatic nitrogens is 1. The molecule has 0 aliphatic carbocycles. The van der Waals surface area contributed by atoms with Crippen LogP contribution in [0.2, 0.25) is 0 Å². The van der Waals surface area contributed by atoms with Crippen LogP contribution in [0.1, 0.15) is 30.9 Å². The molecule has 15 heavy (non-hydrogen) atoms. The van der Waals surface area contributed by atoms with Crippen molar-refractivity contribution >= 4 is 5.82 Å². The Morgan fingerprint density at radius 1 is 1.40 bits per heavy atom. The fourth-order valence-corrected chi connectivity index (χ4v) is 1.88. The van der Waals surface area contributed by atoms with Crippen LogP contribution < -0.4 is 4.90 Å². The number of anilines is 1. The fourth-order valence-electron chi connectivity index (χ4n) is 1.88. The lowest BCUT2D eigenvalue weighted by atomic mass is 10.0. The molecule has 82 valence electrons. The van der Waals surface area contributed by atoms with E-state index in [-0.39, 0.29) is 6.10 Å². The SMILES string of the molecule is CN(C)c1cc([C@H]2CCCCO2)ccn1. The molecule has 0 radical (unpaired) electrons. The van der Waals surface area contributed by atoms with Crippen LogP contribution in [-0.4, -0.2) is 25.7 Å². The van der Waals surface area contributed by atoms with E-state index in [0.717, 1.165) is 18.8 Å². The Morgan fingerprint density at radius 2 is 2.27 bits per heavy atom. The topological polar surface area (TPSA) is 25.4 Å². The van der Waals surface area contributed by atoms with Gasteiger partial charge in [0.15, 0.2) is 0 Å². The van der Waals surface area contributed by atoms with Crippen LogP contribution in [0.3, 0.4) is 0 Å². The lowest BCUT2D eigenvalue weighted by Crippen LogP contribution is -2.14. The second-order valence-electron chi connectivity index (χ2n) is 4.20. The fraction of sp³-hybridized carbons (Fsp3) is 0.583. The Bertz CT molecular complexity index is 319. The summed E-state index contributed by atoms with van der Waals surface area (Å²) in [7, 11) is 4.02. The number of hydrogen-bond acceptors (Lipinski definition) is 3. The molecule has 0 amide bonds. The minimum Gasteiger partial charge on any atom is -0.374 e. The summed E-state index contributed by atoms with van der Waals surface area (Å²) in [6.07, 6.45) is 5.74. The van der Waals surface area contributed by atoms with Gasteiger partial charge in [0.1, 0.15) is 5.82 Å². The van der Waals surface area contributed by atoms with E-state index in [1.165, 1.54) is 18.4 Å². The molecule has 3 nitrogen and oxygen atoms in total. The van der Waals surface area contributed by atoms with E-state index >= 15 is 0 Å². The van der Waals surface area contributed by atoms with E-state index in [2.05, 4.69) is 17.1 Å². The van der Waals surface area contributed by atoms with E-state index in [9.17, 15) is 0 Å². The first kappa shape index (κ1) is 10.4. The molecule has 0 unspecified atom stereocenters. The molecule has 1 atom stereocenters. The second kappa shape index (κ2) is 4.62. The van der Waals surface area contributed by atoms with Gasteiger partial charge in [-0.3, -0.25) is 0 Å². The number of ether oxygens (including phenoxy) is 1. The highest BCUT2D eigenvalue weighted by Gasteiger charge is 2.16. The molecule has 0 spiro atoms. The molecule has 0 bridgehead atoms. The van der Waals surface area contributed by atoms with Gasteiger partial charge in [-0.1, -0.05) is 0 Å². The first-order chi connectivity index (χ1) is 7.27. The van der Waals surface area contributed by atoms with Gasteiger partial charge in [-0.05, 0) is 37.0 Å². The highest BCUT2D eigenvalue weighted by Crippen LogP contribution is 2.28. The minimum absolute atomic E-state index is 0.278. The molecule has 3 heteroatoms. The molecule has 2 heterocycles. The molecular formula is C12H18N2O. The van der Waals surface area contributed by atoms with Crippen LogP contribution in [0.4, 0.5) is 5.82 Å². The maximum absolute atomic E-state index is 5.75. The van der Waals surface area contributed by atoms with Gasteiger partial charge >= 0.3 is 0 Å². The standard InChI is InChI=1S/C12H18N2O/c1-14(2)12-9-10(6-7-13-12)11-5-3-4-8-15-11/h6-7,9,11H,3-5,8H2,1-2H3/t11-/m1/s1. The molecule has 0 saturated carbocycles. The van der Waals surface area contributed by atoms with Gasteiger partial charge < -0.3 is 9.64 Å². The first-order valence-electron chi connectivity index (χ1n) is 5.52. The van der Waals surface area contributed by atoms with E-state index < -0.39 is 0 Å². The Kier molecular flexibility index (Phi) is 3.21. The molecule has 1 fully saturated rings. The highest BCUT2D eigenvalue weighted by molar-refractivity contribution is 5.39. The third-order valence-corrected chi connectivity index (χ3v) is 2.78. The molecular weight excluding hydrogens is 188 g/mol. The zero-order valence-electron chi connectivity index (χ0n) is 9.44. The third kappa shape index (κ3) is 2.48. The van der Waals surface area contributed by atoms with Gasteiger partial charge in [0.05, 0.1) is 6.10 Å². The summed E-state index contributed by atoms with van der Waals surface area (Å²) in [6.45, 7) is 0.893. The van der Waals surface area contributed by atoms with Crippen LogP contribution in [0.15, 0.2) is 18.3 Å². The lowest BCUT2D eigenvalue weighted by molar-refractivity contribution is 0.0149. The molecule has 0 N–H and O–H groups in total. The monoisotopic (exact) mass is 206 g/mol. The molecule has 0 aromatic carbocycles. The maximum atomic E-state index is 5.75. The molecule has 1 aliphatic heterocycles. The van der Waals surface area contributed by atoms with Crippen molar-refractivity contribution in [2.75, 3.05) is 25.6 Å². The van der Waals surface area contributed by atoms with Crippen LogP contribution in [0.5, 0.6) is 0 Å². The van der Waals surface area contributed by atoms with Crippen molar-refractivity contribution in [3.05, 3.63) is 23.9 Å². The van der Waals surface area contributed by atoms with E-state index in [1.807, 2.05) is 25.2 Å². The molecule has 2 rings (SSSR count). The van der Waals surface area contributed by atoms with Gasteiger partial charge in [-0.2, -0.15) is 0 Å². The van der Waals surface area contributed by atoms with Gasteiger partial charge in [-0.15, -0.1) is 0 Å². The summed E-state index contributed by atoms with van der Waals surface area (Å²) >= 11 is 0. The van der Waals surface area contributed by atoms with Gasteiger partial charge in [-0.25, -0.2) is 4.98 Å². The van der Waals surface area contributed by atoms with Crippen LogP contribution >= 0.6 is 0 Å². The summed E-state index contributed by atoms with van der Waals surface area (Å²) in [5.41, 5.74) is 1.26. The number of nitrogens with zero attached hydrogens (tertiary/aromatic N) is 2. The summed E-state index contributed by atoms with van der Waals surface area (Å²) in [5, 5.41) is 0. The quantitative estimate of drug-likeness (QED) is 0.743. The number of rotatable bonds is 2. The zero-order valence-corrected chi connectivity index (χ0v) is 9.44. The normalized spacial score (nSPS) is 21.3. The highest BCUT2D eigenvalue weighted by atomic mass is 16.5. The van der Waals surface area contributed by atoms with Gasteiger partial charge in [0.2, 0.25) is 0 Å². The Morgan fingerprint density at radius 3 is 2.93 bits per heavy atom. The number of pyridine rings is 1. The lowest BCUT2D eigenvalue weighted by Gasteiger charge is -2.23. The minimum atomic E-state index is 0.278. The van der Waals surface area contributed by atoms with Crippen molar-refractivity contribution in [3.63, 3.8) is 0 Å². The number of hydrogen-bond donors (Lipinski definition) is 0. The third-order valence-electron chi connectivity index (χ3n) is 2.78. The van der Waals surface area contributed by atoms with Crippen molar-refractivity contribution in [2.45, 2.75) is 25.4 Å². The maximum Gasteiger partial charge on any atom is 0.128 e. The van der Waals surface area contributed by atoms with Gasteiger partial charge in [0, 0.05) is 26.9 Å². The van der Waals surface area contributed by atoms with E-state index in [1.54, 1.807) is 0 Å². The average molecular weight is 206 g/mol. The van der Waals surface area contributed by atoms with Crippen LogP contribution in [0.25, 0.3) is 0 Å². The summed E-state index contributed by atoms with van der Waals surface area (Å²) in [4.78, 5) is 6.32. The zero-order chi connectivity index (χ0) is 10.7. The largest absolute Gasteiger partial charge is 0.374 e. The molecule has 1 aromatic rings. The van der Waals surface area contributed by atoms with Crippen molar-refractivity contribution in [1.29, 1.82) is 0 Å². The first-order valence-corrected chi connectivity index (χ1v) is 5.52. The van der Waals surface area contributed by atoms with Crippen molar-refractivity contribution in [1.82, 2.24) is 4.98 Å². The van der Waals surface area contributed by atoms with Crippen molar-refractivity contribution in [2.24, 2.45) is 0 Å². The molecule has 1 aliphatic rings. The van der Waals surface area contributed by atoms with Crippen LogP contribution in [-0.2, 0) is 4.74 Å². The molecule has 1 aromatic heterocycles. The smallest absolute Gasteiger partial charge is 0.128 e. The second-order valence-corrected chi connectivity index (χ2v) is 4.20.